The van der Waals surface area contributed by atoms with Crippen molar-refractivity contribution in [1.29, 1.82) is 0 Å². The molecule has 0 atom stereocenters. The molecule has 3 aromatic rings. The van der Waals surface area contributed by atoms with Crippen LogP contribution in [0.15, 0.2) is 29.1 Å². The van der Waals surface area contributed by atoms with Gasteiger partial charge in [-0.3, -0.25) is 4.79 Å². The highest BCUT2D eigenvalue weighted by Crippen LogP contribution is 2.24. The molecular formula is C15H14N4O3. The van der Waals surface area contributed by atoms with Crippen LogP contribution in [0, 0.1) is 6.92 Å². The number of benzene rings is 1. The Morgan fingerprint density at radius 3 is 2.32 bits per heavy atom. The lowest BCUT2D eigenvalue weighted by Crippen LogP contribution is -2.09. The van der Waals surface area contributed by atoms with Gasteiger partial charge in [0.05, 0.1) is 31.2 Å². The summed E-state index contributed by atoms with van der Waals surface area (Å²) in [6, 6.07) is 6.86. The maximum atomic E-state index is 12.0. The van der Waals surface area contributed by atoms with E-state index in [-0.39, 0.29) is 5.56 Å². The van der Waals surface area contributed by atoms with E-state index in [0.717, 1.165) is 0 Å². The van der Waals surface area contributed by atoms with E-state index in [0.29, 0.717) is 39.9 Å². The minimum absolute atomic E-state index is 0.195. The Morgan fingerprint density at radius 1 is 1.00 bits per heavy atom. The standard InChI is InChI=1S/C15H14N4O3/c1-8-16-11-5-4-9(6-10(11)15(20)17-8)14-18-12(21-2)7-13(19-14)22-3/h4-7H,1-3H3,(H,16,17,20). The molecule has 0 aliphatic carbocycles. The van der Waals surface area contributed by atoms with Crippen LogP contribution in [0.2, 0.25) is 0 Å². The van der Waals surface area contributed by atoms with Crippen LogP contribution in [0.3, 0.4) is 0 Å². The molecule has 2 heterocycles. The zero-order valence-electron chi connectivity index (χ0n) is 12.4. The molecule has 22 heavy (non-hydrogen) atoms. The van der Waals surface area contributed by atoms with Gasteiger partial charge in [-0.2, -0.15) is 9.97 Å². The van der Waals surface area contributed by atoms with Crippen LogP contribution in [0.5, 0.6) is 11.8 Å². The largest absolute Gasteiger partial charge is 0.481 e. The van der Waals surface area contributed by atoms with Crippen molar-refractivity contribution in [1.82, 2.24) is 19.9 Å². The fourth-order valence-electron chi connectivity index (χ4n) is 2.14. The molecule has 0 aliphatic rings. The molecule has 7 nitrogen and oxygen atoms in total. The minimum atomic E-state index is -0.195. The fourth-order valence-corrected chi connectivity index (χ4v) is 2.14. The molecule has 1 N–H and O–H groups in total. The molecule has 7 heteroatoms. The van der Waals surface area contributed by atoms with Crippen LogP contribution >= 0.6 is 0 Å². The number of hydrogen-bond acceptors (Lipinski definition) is 6. The Hall–Kier alpha value is -2.96. The quantitative estimate of drug-likeness (QED) is 0.791. The maximum absolute atomic E-state index is 12.0. The highest BCUT2D eigenvalue weighted by Gasteiger charge is 2.10. The first-order valence-corrected chi connectivity index (χ1v) is 6.59. The molecule has 0 aliphatic heterocycles. The van der Waals surface area contributed by atoms with E-state index in [1.54, 1.807) is 25.1 Å². The van der Waals surface area contributed by atoms with Crippen LogP contribution in [0.25, 0.3) is 22.3 Å². The summed E-state index contributed by atoms with van der Waals surface area (Å²) in [7, 11) is 3.03. The zero-order chi connectivity index (χ0) is 15.7. The number of aromatic nitrogens is 4. The monoisotopic (exact) mass is 298 g/mol. The summed E-state index contributed by atoms with van der Waals surface area (Å²) in [6.45, 7) is 1.74. The lowest BCUT2D eigenvalue weighted by atomic mass is 10.1. The average molecular weight is 298 g/mol. The Bertz CT molecular complexity index is 883. The molecule has 112 valence electrons. The fraction of sp³-hybridized carbons (Fsp3) is 0.200. The van der Waals surface area contributed by atoms with E-state index < -0.39 is 0 Å². The van der Waals surface area contributed by atoms with Crippen molar-refractivity contribution in [3.63, 3.8) is 0 Å². The second-order valence-corrected chi connectivity index (χ2v) is 4.66. The van der Waals surface area contributed by atoms with Crippen molar-refractivity contribution in [2.24, 2.45) is 0 Å². The second kappa shape index (κ2) is 5.44. The van der Waals surface area contributed by atoms with Crippen LogP contribution in [0.1, 0.15) is 5.82 Å². The number of rotatable bonds is 3. The van der Waals surface area contributed by atoms with Gasteiger partial charge in [0.2, 0.25) is 11.8 Å². The number of nitrogens with zero attached hydrogens (tertiary/aromatic N) is 3. The Kier molecular flexibility index (Phi) is 3.46. The SMILES string of the molecule is COc1cc(OC)nc(-c2ccc3nc(C)[nH]c(=O)c3c2)n1. The molecule has 0 spiro atoms. The predicted molar refractivity (Wildman–Crippen MR) is 81.2 cm³/mol. The molecule has 0 amide bonds. The minimum Gasteiger partial charge on any atom is -0.481 e. The van der Waals surface area contributed by atoms with Crippen LogP contribution in [-0.2, 0) is 0 Å². The molecule has 0 saturated carbocycles. The van der Waals surface area contributed by atoms with E-state index in [9.17, 15) is 4.79 Å². The number of aromatic amines is 1. The smallest absolute Gasteiger partial charge is 0.258 e. The molecule has 3 rings (SSSR count). The van der Waals surface area contributed by atoms with E-state index in [4.69, 9.17) is 9.47 Å². The molecule has 0 unspecified atom stereocenters. The summed E-state index contributed by atoms with van der Waals surface area (Å²) in [6.07, 6.45) is 0. The van der Waals surface area contributed by atoms with Gasteiger partial charge in [-0.1, -0.05) is 0 Å². The van der Waals surface area contributed by atoms with Gasteiger partial charge in [-0.15, -0.1) is 0 Å². The van der Waals surface area contributed by atoms with Gasteiger partial charge in [-0.05, 0) is 25.1 Å². The first-order valence-electron chi connectivity index (χ1n) is 6.59. The highest BCUT2D eigenvalue weighted by atomic mass is 16.5. The third-order valence-electron chi connectivity index (χ3n) is 3.18. The first-order chi connectivity index (χ1) is 10.6. The Balaban J connectivity index is 2.20. The van der Waals surface area contributed by atoms with Gasteiger partial charge >= 0.3 is 0 Å². The zero-order valence-corrected chi connectivity index (χ0v) is 12.4. The van der Waals surface area contributed by atoms with Crippen molar-refractivity contribution in [2.75, 3.05) is 14.2 Å². The Labute approximate surface area is 126 Å². The molecule has 0 radical (unpaired) electrons. The third kappa shape index (κ3) is 2.48. The normalized spacial score (nSPS) is 10.7. The van der Waals surface area contributed by atoms with Crippen LogP contribution in [-0.4, -0.2) is 34.2 Å². The number of ether oxygens (including phenoxy) is 2. The van der Waals surface area contributed by atoms with E-state index >= 15 is 0 Å². The second-order valence-electron chi connectivity index (χ2n) is 4.66. The third-order valence-corrected chi connectivity index (χ3v) is 3.18. The van der Waals surface area contributed by atoms with Crippen molar-refractivity contribution < 1.29 is 9.47 Å². The summed E-state index contributed by atoms with van der Waals surface area (Å²) in [5.41, 5.74) is 1.11. The Morgan fingerprint density at radius 2 is 1.68 bits per heavy atom. The molecule has 2 aromatic heterocycles. The number of methoxy groups -OCH3 is 2. The van der Waals surface area contributed by atoms with Gasteiger partial charge in [0.1, 0.15) is 5.82 Å². The number of hydrogen-bond donors (Lipinski definition) is 1. The summed E-state index contributed by atoms with van der Waals surface area (Å²) in [4.78, 5) is 27.6. The van der Waals surface area contributed by atoms with Crippen molar-refractivity contribution in [3.05, 3.63) is 40.4 Å². The van der Waals surface area contributed by atoms with E-state index in [1.165, 1.54) is 14.2 Å². The van der Waals surface area contributed by atoms with E-state index in [2.05, 4.69) is 19.9 Å². The first kappa shape index (κ1) is 14.0. The lowest BCUT2D eigenvalue weighted by Gasteiger charge is -2.07. The molecule has 0 bridgehead atoms. The van der Waals surface area contributed by atoms with Gasteiger partial charge in [0.15, 0.2) is 5.82 Å². The number of H-pyrrole nitrogens is 1. The molecule has 1 aromatic carbocycles. The van der Waals surface area contributed by atoms with Crippen LogP contribution in [0.4, 0.5) is 0 Å². The number of aryl methyl sites for hydroxylation is 1. The summed E-state index contributed by atoms with van der Waals surface area (Å²) in [5.74, 6) is 1.76. The van der Waals surface area contributed by atoms with Crippen molar-refractivity contribution in [3.8, 4) is 23.1 Å². The summed E-state index contributed by atoms with van der Waals surface area (Å²) >= 11 is 0. The average Bonchev–Trinajstić information content (AvgIpc) is 2.53. The van der Waals surface area contributed by atoms with E-state index in [1.807, 2.05) is 6.07 Å². The summed E-state index contributed by atoms with van der Waals surface area (Å²) < 4.78 is 10.3. The summed E-state index contributed by atoms with van der Waals surface area (Å²) in [5, 5.41) is 0.480. The van der Waals surface area contributed by atoms with Crippen molar-refractivity contribution >= 4 is 10.9 Å². The van der Waals surface area contributed by atoms with Crippen LogP contribution < -0.4 is 15.0 Å². The van der Waals surface area contributed by atoms with Gasteiger partial charge in [-0.25, -0.2) is 4.98 Å². The predicted octanol–water partition coefficient (Wildman–Crippen LogP) is 1.71. The molecule has 0 fully saturated rings. The number of nitrogens with one attached hydrogen (secondary N) is 1. The number of fused-ring (bicyclic) bond motifs is 1. The topological polar surface area (TPSA) is 90.0 Å². The molecular weight excluding hydrogens is 284 g/mol. The van der Waals surface area contributed by atoms with Gasteiger partial charge in [0.25, 0.3) is 5.56 Å². The van der Waals surface area contributed by atoms with Gasteiger partial charge < -0.3 is 14.5 Å². The maximum Gasteiger partial charge on any atom is 0.258 e. The highest BCUT2D eigenvalue weighted by molar-refractivity contribution is 5.82. The van der Waals surface area contributed by atoms with Crippen molar-refractivity contribution in [2.45, 2.75) is 6.92 Å². The van der Waals surface area contributed by atoms with Gasteiger partial charge in [0, 0.05) is 5.56 Å². The molecule has 0 saturated heterocycles. The lowest BCUT2D eigenvalue weighted by molar-refractivity contribution is 0.373.